The molecule has 0 unspecified atom stereocenters. The molecule has 5 heteroatoms. The Kier molecular flexibility index (Phi) is 5.51. The number of aromatic nitrogens is 1. The van der Waals surface area contributed by atoms with E-state index in [1.165, 1.54) is 12.8 Å². The van der Waals surface area contributed by atoms with Gasteiger partial charge in [0.15, 0.2) is 0 Å². The highest BCUT2D eigenvalue weighted by molar-refractivity contribution is 7.09. The molecule has 1 heterocycles. The van der Waals surface area contributed by atoms with E-state index in [0.29, 0.717) is 18.4 Å². The molecule has 128 valence electrons. The summed E-state index contributed by atoms with van der Waals surface area (Å²) in [6.45, 7) is 4.22. The third-order valence-electron chi connectivity index (χ3n) is 4.15. The van der Waals surface area contributed by atoms with Gasteiger partial charge in [-0.3, -0.25) is 4.79 Å². The molecular formula is C19H24N2O2S. The molecule has 1 aliphatic carbocycles. The van der Waals surface area contributed by atoms with E-state index in [2.05, 4.69) is 24.1 Å². The quantitative estimate of drug-likeness (QED) is 0.821. The third-order valence-corrected chi connectivity index (χ3v) is 5.34. The zero-order chi connectivity index (χ0) is 16.9. The molecule has 0 radical (unpaired) electrons. The van der Waals surface area contributed by atoms with Gasteiger partial charge in [-0.05, 0) is 49.9 Å². The lowest BCUT2D eigenvalue weighted by atomic mass is 10.2. The van der Waals surface area contributed by atoms with Crippen LogP contribution in [0.1, 0.15) is 56.2 Å². The molecule has 1 N–H and O–H groups in total. The van der Waals surface area contributed by atoms with Gasteiger partial charge in [-0.15, -0.1) is 11.3 Å². The number of nitrogens with zero attached hydrogens (tertiary/aromatic N) is 1. The average molecular weight is 344 g/mol. The van der Waals surface area contributed by atoms with Crippen LogP contribution in [0.5, 0.6) is 5.75 Å². The van der Waals surface area contributed by atoms with Gasteiger partial charge < -0.3 is 10.1 Å². The van der Waals surface area contributed by atoms with Crippen molar-refractivity contribution in [2.45, 2.75) is 58.0 Å². The van der Waals surface area contributed by atoms with Crippen molar-refractivity contribution < 1.29 is 9.53 Å². The Morgan fingerprint density at radius 2 is 2.00 bits per heavy atom. The summed E-state index contributed by atoms with van der Waals surface area (Å²) < 4.78 is 5.93. The zero-order valence-electron chi connectivity index (χ0n) is 14.2. The largest absolute Gasteiger partial charge is 0.490 e. The number of amides is 1. The fourth-order valence-electron chi connectivity index (χ4n) is 2.85. The first-order chi connectivity index (χ1) is 11.6. The van der Waals surface area contributed by atoms with E-state index in [1.807, 2.05) is 29.6 Å². The number of thiazole rings is 1. The maximum Gasteiger partial charge on any atom is 0.230 e. The zero-order valence-corrected chi connectivity index (χ0v) is 15.1. The number of carbonyl (C=O) groups is 1. The molecule has 1 aromatic heterocycles. The number of benzene rings is 1. The summed E-state index contributed by atoms with van der Waals surface area (Å²) in [5, 5.41) is 5.96. The van der Waals surface area contributed by atoms with Crippen molar-refractivity contribution in [1.29, 1.82) is 0 Å². The summed E-state index contributed by atoms with van der Waals surface area (Å²) in [4.78, 5) is 16.6. The second-order valence-electron chi connectivity index (χ2n) is 6.61. The Bertz CT molecular complexity index is 673. The number of carbonyl (C=O) groups excluding carboxylic acids is 1. The Hall–Kier alpha value is -1.88. The van der Waals surface area contributed by atoms with Crippen molar-refractivity contribution in [3.63, 3.8) is 0 Å². The summed E-state index contributed by atoms with van der Waals surface area (Å²) in [5.41, 5.74) is 1.63. The van der Waals surface area contributed by atoms with Crippen molar-refractivity contribution in [3.8, 4) is 5.75 Å². The predicted molar refractivity (Wildman–Crippen MR) is 97.9 cm³/mol. The van der Waals surface area contributed by atoms with Crippen LogP contribution in [-0.2, 0) is 11.2 Å². The summed E-state index contributed by atoms with van der Waals surface area (Å²) in [6.07, 6.45) is 5.46. The topological polar surface area (TPSA) is 51.2 Å². The van der Waals surface area contributed by atoms with Crippen LogP contribution in [-0.4, -0.2) is 17.0 Å². The molecule has 1 fully saturated rings. The Morgan fingerprint density at radius 3 is 2.62 bits per heavy atom. The smallest absolute Gasteiger partial charge is 0.230 e. The summed E-state index contributed by atoms with van der Waals surface area (Å²) in [6, 6.07) is 7.63. The van der Waals surface area contributed by atoms with Gasteiger partial charge in [-0.25, -0.2) is 4.98 Å². The van der Waals surface area contributed by atoms with Crippen LogP contribution in [0.4, 0.5) is 5.69 Å². The Morgan fingerprint density at radius 1 is 1.29 bits per heavy atom. The molecular weight excluding hydrogens is 320 g/mol. The van der Waals surface area contributed by atoms with Crippen LogP contribution >= 0.6 is 11.3 Å². The van der Waals surface area contributed by atoms with Crippen LogP contribution in [0, 0.1) is 0 Å². The van der Waals surface area contributed by atoms with Crippen molar-refractivity contribution in [1.82, 2.24) is 4.98 Å². The SMILES string of the molecule is CC(C)c1nc(CC(=O)Nc2ccc(OC3CCCC3)cc2)cs1. The van der Waals surface area contributed by atoms with Gasteiger partial charge in [0.2, 0.25) is 5.91 Å². The number of hydrogen-bond donors (Lipinski definition) is 1. The molecule has 0 spiro atoms. The third kappa shape index (κ3) is 4.57. The van der Waals surface area contributed by atoms with Gasteiger partial charge in [0.05, 0.1) is 23.2 Å². The summed E-state index contributed by atoms with van der Waals surface area (Å²) in [5.74, 6) is 1.24. The monoisotopic (exact) mass is 344 g/mol. The molecule has 0 atom stereocenters. The van der Waals surface area contributed by atoms with E-state index in [0.717, 1.165) is 35.0 Å². The molecule has 24 heavy (non-hydrogen) atoms. The Balaban J connectivity index is 1.51. The number of rotatable bonds is 6. The number of anilines is 1. The molecule has 0 saturated heterocycles. The standard InChI is InChI=1S/C19H24N2O2S/c1-13(2)19-21-15(12-24-19)11-18(22)20-14-7-9-17(10-8-14)23-16-5-3-4-6-16/h7-10,12-13,16H,3-6,11H2,1-2H3,(H,20,22). The minimum atomic E-state index is -0.0416. The lowest BCUT2D eigenvalue weighted by molar-refractivity contribution is -0.115. The van der Waals surface area contributed by atoms with Gasteiger partial charge in [-0.1, -0.05) is 13.8 Å². The number of ether oxygens (including phenoxy) is 1. The summed E-state index contributed by atoms with van der Waals surface area (Å²) in [7, 11) is 0. The molecule has 3 rings (SSSR count). The van der Waals surface area contributed by atoms with E-state index < -0.39 is 0 Å². The van der Waals surface area contributed by atoms with E-state index in [1.54, 1.807) is 11.3 Å². The molecule has 1 aliphatic rings. The van der Waals surface area contributed by atoms with Crippen LogP contribution in [0.2, 0.25) is 0 Å². The van der Waals surface area contributed by atoms with Crippen LogP contribution < -0.4 is 10.1 Å². The molecule has 0 bridgehead atoms. The predicted octanol–water partition coefficient (Wildman–Crippen LogP) is 4.77. The fourth-order valence-corrected chi connectivity index (χ4v) is 3.69. The molecule has 1 amide bonds. The van der Waals surface area contributed by atoms with Crippen LogP contribution in [0.3, 0.4) is 0 Å². The second kappa shape index (κ2) is 7.79. The maximum absolute atomic E-state index is 12.1. The van der Waals surface area contributed by atoms with E-state index in [4.69, 9.17) is 4.74 Å². The van der Waals surface area contributed by atoms with Crippen molar-refractivity contribution in [2.75, 3.05) is 5.32 Å². The highest BCUT2D eigenvalue weighted by atomic mass is 32.1. The highest BCUT2D eigenvalue weighted by Crippen LogP contribution is 2.25. The van der Waals surface area contributed by atoms with E-state index in [-0.39, 0.29) is 5.91 Å². The number of nitrogens with one attached hydrogen (secondary N) is 1. The minimum Gasteiger partial charge on any atom is -0.490 e. The molecule has 2 aromatic rings. The number of hydrogen-bond acceptors (Lipinski definition) is 4. The van der Waals surface area contributed by atoms with Crippen LogP contribution in [0.25, 0.3) is 0 Å². The van der Waals surface area contributed by atoms with E-state index in [9.17, 15) is 4.79 Å². The van der Waals surface area contributed by atoms with Gasteiger partial charge in [0.1, 0.15) is 5.75 Å². The highest BCUT2D eigenvalue weighted by Gasteiger charge is 2.16. The molecule has 1 saturated carbocycles. The first-order valence-corrected chi connectivity index (χ1v) is 9.49. The molecule has 1 aromatic carbocycles. The van der Waals surface area contributed by atoms with Crippen molar-refractivity contribution in [2.24, 2.45) is 0 Å². The minimum absolute atomic E-state index is 0.0416. The summed E-state index contributed by atoms with van der Waals surface area (Å²) >= 11 is 1.62. The average Bonchev–Trinajstić information content (AvgIpc) is 3.21. The van der Waals surface area contributed by atoms with Gasteiger partial charge >= 0.3 is 0 Å². The van der Waals surface area contributed by atoms with Gasteiger partial charge in [0.25, 0.3) is 0 Å². The van der Waals surface area contributed by atoms with Crippen LogP contribution in [0.15, 0.2) is 29.6 Å². The van der Waals surface area contributed by atoms with Crippen molar-refractivity contribution in [3.05, 3.63) is 40.3 Å². The molecule has 0 aliphatic heterocycles. The lowest BCUT2D eigenvalue weighted by Gasteiger charge is -2.13. The van der Waals surface area contributed by atoms with Gasteiger partial charge in [0, 0.05) is 17.0 Å². The second-order valence-corrected chi connectivity index (χ2v) is 7.50. The molecule has 4 nitrogen and oxygen atoms in total. The van der Waals surface area contributed by atoms with E-state index >= 15 is 0 Å². The normalized spacial score (nSPS) is 15.0. The Labute approximate surface area is 147 Å². The first-order valence-electron chi connectivity index (χ1n) is 8.61. The van der Waals surface area contributed by atoms with Crippen molar-refractivity contribution >= 4 is 22.9 Å². The van der Waals surface area contributed by atoms with Gasteiger partial charge in [-0.2, -0.15) is 0 Å². The lowest BCUT2D eigenvalue weighted by Crippen LogP contribution is -2.15. The fraction of sp³-hybridized carbons (Fsp3) is 0.474. The first kappa shape index (κ1) is 17.0. The maximum atomic E-state index is 12.1.